The van der Waals surface area contributed by atoms with Gasteiger partial charge in [-0.1, -0.05) is 26.0 Å². The number of nitrogens with one attached hydrogen (secondary N) is 1. The van der Waals surface area contributed by atoms with Crippen molar-refractivity contribution in [1.29, 1.82) is 0 Å². The second-order valence-electron chi connectivity index (χ2n) is 12.6. The molecule has 6 nitrogen and oxygen atoms in total. The Morgan fingerprint density at radius 3 is 2.61 bits per heavy atom. The molecule has 0 unspecified atom stereocenters. The topological polar surface area (TPSA) is 67.2 Å². The molecule has 3 aliphatic carbocycles. The highest BCUT2D eigenvalue weighted by Gasteiger charge is 2.63. The van der Waals surface area contributed by atoms with Crippen molar-refractivity contribution in [2.45, 2.75) is 77.6 Å². The van der Waals surface area contributed by atoms with Gasteiger partial charge in [0.1, 0.15) is 5.82 Å². The van der Waals surface area contributed by atoms with Gasteiger partial charge >= 0.3 is 0 Å². The third kappa shape index (κ3) is 3.30. The first-order chi connectivity index (χ1) is 17.1. The van der Waals surface area contributed by atoms with Gasteiger partial charge in [-0.15, -0.1) is 0 Å². The zero-order valence-corrected chi connectivity index (χ0v) is 22.0. The van der Waals surface area contributed by atoms with Crippen LogP contribution in [0.2, 0.25) is 0 Å². The lowest BCUT2D eigenvalue weighted by molar-refractivity contribution is -0.169. The predicted molar refractivity (Wildman–Crippen MR) is 137 cm³/mol. The highest BCUT2D eigenvalue weighted by Crippen LogP contribution is 2.66. The number of benzene rings is 1. The van der Waals surface area contributed by atoms with Gasteiger partial charge < -0.3 is 14.8 Å². The first-order valence-electron chi connectivity index (χ1n) is 13.7. The van der Waals surface area contributed by atoms with Crippen LogP contribution in [0.4, 0.5) is 4.39 Å². The summed E-state index contributed by atoms with van der Waals surface area (Å²) in [7, 11) is 3.80. The summed E-state index contributed by atoms with van der Waals surface area (Å²) in [6, 6.07) is 8.18. The Labute approximate surface area is 213 Å². The number of carbonyl (C=O) groups is 2. The molecule has 8 atom stereocenters. The van der Waals surface area contributed by atoms with Crippen LogP contribution in [0.1, 0.15) is 64.6 Å². The fourth-order valence-electron chi connectivity index (χ4n) is 9.28. The molecule has 36 heavy (non-hydrogen) atoms. The molecule has 0 spiro atoms. The Morgan fingerprint density at radius 2 is 1.83 bits per heavy atom. The Kier molecular flexibility index (Phi) is 5.51. The molecule has 6 rings (SSSR count). The van der Waals surface area contributed by atoms with Crippen molar-refractivity contribution in [1.82, 2.24) is 19.8 Å². The van der Waals surface area contributed by atoms with Crippen LogP contribution >= 0.6 is 0 Å². The van der Waals surface area contributed by atoms with E-state index in [9.17, 15) is 14.0 Å². The minimum absolute atomic E-state index is 0.00759. The van der Waals surface area contributed by atoms with Crippen molar-refractivity contribution < 1.29 is 14.0 Å². The van der Waals surface area contributed by atoms with Crippen LogP contribution in [0.25, 0.3) is 11.0 Å². The van der Waals surface area contributed by atoms with Crippen molar-refractivity contribution in [3.05, 3.63) is 30.1 Å². The number of para-hydroxylation sites is 2. The molecule has 2 amide bonds. The summed E-state index contributed by atoms with van der Waals surface area (Å²) in [4.78, 5) is 32.3. The van der Waals surface area contributed by atoms with Gasteiger partial charge in [-0.3, -0.25) is 9.59 Å². The molecule has 1 aromatic carbocycles. The number of fused-ring (bicyclic) bond motifs is 6. The maximum Gasteiger partial charge on any atom is 0.257 e. The SMILES string of the molecule is CN1C(=O)[C@H](F)C[C@]2(C)[C@H]3CC[C@]4(C)[C@@H](C(=O)NCc5nc6ccccc6n5C)CC[C@H]4[C@@H]3CC[C@@H]12. The molecular weight excluding hydrogens is 455 g/mol. The van der Waals surface area contributed by atoms with E-state index in [-0.39, 0.29) is 34.6 Å². The van der Waals surface area contributed by atoms with Crippen LogP contribution in [0.5, 0.6) is 0 Å². The van der Waals surface area contributed by atoms with Crippen molar-refractivity contribution in [3.63, 3.8) is 0 Å². The number of halogens is 1. The zero-order chi connectivity index (χ0) is 25.4. The lowest BCUT2D eigenvalue weighted by atomic mass is 9.46. The van der Waals surface area contributed by atoms with E-state index < -0.39 is 6.17 Å². The fraction of sp³-hybridized carbons (Fsp3) is 0.690. The third-order valence-electron chi connectivity index (χ3n) is 11.1. The molecule has 1 aliphatic heterocycles. The maximum atomic E-state index is 14.8. The molecule has 0 bridgehead atoms. The van der Waals surface area contributed by atoms with Gasteiger partial charge in [0, 0.05) is 26.1 Å². The van der Waals surface area contributed by atoms with Gasteiger partial charge in [0.2, 0.25) is 5.91 Å². The van der Waals surface area contributed by atoms with Crippen LogP contribution < -0.4 is 5.32 Å². The molecule has 4 fully saturated rings. The Balaban J connectivity index is 1.18. The van der Waals surface area contributed by atoms with E-state index in [2.05, 4.69) is 29.8 Å². The minimum atomic E-state index is -1.38. The number of rotatable bonds is 3. The summed E-state index contributed by atoms with van der Waals surface area (Å²) in [5.41, 5.74) is 1.83. The number of aromatic nitrogens is 2. The molecule has 2 aromatic rings. The van der Waals surface area contributed by atoms with Gasteiger partial charge in [0.15, 0.2) is 6.17 Å². The molecule has 1 saturated heterocycles. The van der Waals surface area contributed by atoms with Crippen molar-refractivity contribution >= 4 is 22.8 Å². The molecule has 4 aliphatic rings. The highest BCUT2D eigenvalue weighted by atomic mass is 19.1. The standard InChI is InChI=1S/C29H39FN4O2/c1-28-14-13-19-17(9-12-24-29(19,2)15-21(30)27(36)34(24)4)18(28)10-11-20(28)26(35)31-16-25-32-22-7-5-6-8-23(22)33(25)3/h5-8,17-21,24H,9-16H2,1-4H3,(H,31,35)/t17-,18-,19-,20+,21+,24+,28-,29+/m0/s1. The van der Waals surface area contributed by atoms with Gasteiger partial charge in [-0.25, -0.2) is 9.37 Å². The highest BCUT2D eigenvalue weighted by molar-refractivity contribution is 5.82. The molecule has 3 saturated carbocycles. The number of hydrogen-bond acceptors (Lipinski definition) is 3. The van der Waals surface area contributed by atoms with Crippen molar-refractivity contribution in [2.75, 3.05) is 7.05 Å². The van der Waals surface area contributed by atoms with Gasteiger partial charge in [0.05, 0.1) is 17.6 Å². The smallest absolute Gasteiger partial charge is 0.257 e. The number of aryl methyl sites for hydroxylation is 1. The van der Waals surface area contributed by atoms with Crippen molar-refractivity contribution in [3.8, 4) is 0 Å². The van der Waals surface area contributed by atoms with Gasteiger partial charge in [-0.2, -0.15) is 0 Å². The molecular formula is C29H39FN4O2. The minimum Gasteiger partial charge on any atom is -0.349 e. The summed E-state index contributed by atoms with van der Waals surface area (Å²) in [6.45, 7) is 5.01. The van der Waals surface area contributed by atoms with E-state index in [4.69, 9.17) is 4.98 Å². The van der Waals surface area contributed by atoms with Crippen LogP contribution in [-0.2, 0) is 23.2 Å². The van der Waals surface area contributed by atoms with E-state index in [0.717, 1.165) is 55.4 Å². The number of nitrogens with zero attached hydrogens (tertiary/aromatic N) is 3. The van der Waals surface area contributed by atoms with Crippen LogP contribution in [-0.4, -0.2) is 45.5 Å². The van der Waals surface area contributed by atoms with E-state index in [1.165, 1.54) is 0 Å². The fourth-order valence-corrected chi connectivity index (χ4v) is 9.28. The van der Waals surface area contributed by atoms with E-state index in [0.29, 0.717) is 30.7 Å². The molecule has 1 aromatic heterocycles. The molecule has 194 valence electrons. The number of amides is 2. The average molecular weight is 495 g/mol. The van der Waals surface area contributed by atoms with Crippen molar-refractivity contribution in [2.24, 2.45) is 41.5 Å². The van der Waals surface area contributed by atoms with Gasteiger partial charge in [0.25, 0.3) is 5.91 Å². The number of piperidine rings is 1. The van der Waals surface area contributed by atoms with E-state index >= 15 is 0 Å². The number of imidazole rings is 1. The lowest BCUT2D eigenvalue weighted by Crippen LogP contribution is -2.64. The molecule has 1 N–H and O–H groups in total. The first-order valence-corrected chi connectivity index (χ1v) is 13.7. The normalized spacial score (nSPS) is 40.0. The summed E-state index contributed by atoms with van der Waals surface area (Å²) in [5, 5.41) is 3.23. The van der Waals surface area contributed by atoms with Crippen LogP contribution in [0.15, 0.2) is 24.3 Å². The Bertz CT molecular complexity index is 1210. The molecule has 2 heterocycles. The van der Waals surface area contributed by atoms with Crippen LogP contribution in [0.3, 0.4) is 0 Å². The summed E-state index contributed by atoms with van der Waals surface area (Å²) < 4.78 is 16.8. The Morgan fingerprint density at radius 1 is 1.08 bits per heavy atom. The molecule has 0 radical (unpaired) electrons. The number of carbonyl (C=O) groups excluding carboxylic acids is 2. The number of hydrogen-bond donors (Lipinski definition) is 1. The predicted octanol–water partition coefficient (Wildman–Crippen LogP) is 4.62. The maximum absolute atomic E-state index is 14.8. The second kappa shape index (κ2) is 8.29. The van der Waals surface area contributed by atoms with E-state index in [1.54, 1.807) is 11.9 Å². The number of likely N-dealkylation sites (tertiary alicyclic amines) is 1. The summed E-state index contributed by atoms with van der Waals surface area (Å²) in [5.74, 6) is 2.11. The van der Waals surface area contributed by atoms with E-state index in [1.807, 2.05) is 25.2 Å². The third-order valence-corrected chi connectivity index (χ3v) is 11.1. The average Bonchev–Trinajstić information content (AvgIpc) is 3.38. The molecule has 7 heteroatoms. The summed E-state index contributed by atoms with van der Waals surface area (Å²) in [6.07, 6.45) is 5.01. The van der Waals surface area contributed by atoms with Crippen LogP contribution in [0, 0.1) is 34.5 Å². The quantitative estimate of drug-likeness (QED) is 0.677. The zero-order valence-electron chi connectivity index (χ0n) is 22.0. The lowest BCUT2D eigenvalue weighted by Gasteiger charge is -2.62. The Hall–Kier alpha value is -2.44. The largest absolute Gasteiger partial charge is 0.349 e. The second-order valence-corrected chi connectivity index (χ2v) is 12.6. The van der Waals surface area contributed by atoms with Gasteiger partial charge in [-0.05, 0) is 85.7 Å². The number of alkyl halides is 1. The monoisotopic (exact) mass is 494 g/mol. The first kappa shape index (κ1) is 23.9. The summed E-state index contributed by atoms with van der Waals surface area (Å²) >= 11 is 0.